The molecule has 0 saturated heterocycles. The van der Waals surface area contributed by atoms with Gasteiger partial charge in [0.05, 0.1) is 24.3 Å². The zero-order chi connectivity index (χ0) is 19.4. The Kier molecular flexibility index (Phi) is 5.43. The molecule has 3 rings (SSSR count). The van der Waals surface area contributed by atoms with Crippen molar-refractivity contribution in [1.29, 1.82) is 0 Å². The number of carbonyl (C=O) groups excluding carboxylic acids is 3. The Morgan fingerprint density at radius 3 is 2.93 bits per heavy atom. The van der Waals surface area contributed by atoms with Crippen LogP contribution in [-0.2, 0) is 40.1 Å². The fourth-order valence-electron chi connectivity index (χ4n) is 2.90. The molecule has 3 heterocycles. The van der Waals surface area contributed by atoms with Gasteiger partial charge in [-0.2, -0.15) is 0 Å². The fourth-order valence-corrected chi connectivity index (χ4v) is 2.90. The average Bonchev–Trinajstić information content (AvgIpc) is 3.01. The van der Waals surface area contributed by atoms with Crippen molar-refractivity contribution in [2.75, 3.05) is 6.61 Å². The first-order valence-corrected chi connectivity index (χ1v) is 8.51. The van der Waals surface area contributed by atoms with E-state index in [9.17, 15) is 19.2 Å². The number of carbonyl (C=O) groups is 3. The van der Waals surface area contributed by atoms with E-state index in [0.29, 0.717) is 37.1 Å². The van der Waals surface area contributed by atoms with Crippen molar-refractivity contribution < 1.29 is 23.5 Å². The van der Waals surface area contributed by atoms with Crippen LogP contribution in [0.1, 0.15) is 40.7 Å². The molecule has 142 valence electrons. The van der Waals surface area contributed by atoms with Gasteiger partial charge in [-0.1, -0.05) is 5.21 Å². The maximum atomic E-state index is 12.1. The number of nitrogens with one attached hydrogen (secondary N) is 1. The monoisotopic (exact) mass is 374 g/mol. The smallest absolute Gasteiger partial charge is 0.336 e. The Balaban J connectivity index is 1.64. The highest BCUT2D eigenvalue weighted by atomic mass is 16.5. The Morgan fingerprint density at radius 1 is 1.33 bits per heavy atom. The van der Waals surface area contributed by atoms with E-state index in [4.69, 9.17) is 9.15 Å². The van der Waals surface area contributed by atoms with E-state index < -0.39 is 23.4 Å². The van der Waals surface area contributed by atoms with Crippen LogP contribution in [0.25, 0.3) is 0 Å². The van der Waals surface area contributed by atoms with Crippen LogP contribution in [0.4, 0.5) is 0 Å². The van der Waals surface area contributed by atoms with E-state index in [1.54, 1.807) is 13.1 Å². The topological polar surface area (TPSA) is 133 Å². The minimum atomic E-state index is -0.591. The van der Waals surface area contributed by atoms with Gasteiger partial charge in [0.1, 0.15) is 12.3 Å². The molecule has 0 unspecified atom stereocenters. The number of aryl methyl sites for hydroxylation is 2. The Hall–Kier alpha value is -3.30. The first-order valence-electron chi connectivity index (χ1n) is 8.51. The standard InChI is InChI=1S/C17H18N4O6/c1-2-26-15(24)9-21-8-11(19-20-21)5-3-4-10-6-14(23)27-12-7-13(22)18-17(25)16(10)12/h6,8H,2-5,7,9H2,1H3,(H,18,22,25). The molecule has 0 aliphatic carbocycles. The molecular weight excluding hydrogens is 356 g/mol. The summed E-state index contributed by atoms with van der Waals surface area (Å²) in [5.74, 6) is -1.34. The van der Waals surface area contributed by atoms with Gasteiger partial charge in [-0.3, -0.25) is 19.7 Å². The number of amides is 2. The number of fused-ring (bicyclic) bond motifs is 1. The number of hydrogen-bond donors (Lipinski definition) is 1. The van der Waals surface area contributed by atoms with Crippen LogP contribution in [0, 0.1) is 0 Å². The summed E-state index contributed by atoms with van der Waals surface area (Å²) >= 11 is 0. The summed E-state index contributed by atoms with van der Waals surface area (Å²) in [6.07, 6.45) is 3.08. The van der Waals surface area contributed by atoms with E-state index >= 15 is 0 Å². The van der Waals surface area contributed by atoms with Gasteiger partial charge < -0.3 is 9.15 Å². The zero-order valence-corrected chi connectivity index (χ0v) is 14.7. The fraction of sp³-hybridized carbons (Fsp3) is 0.412. The summed E-state index contributed by atoms with van der Waals surface area (Å²) in [6, 6.07) is 1.27. The normalized spacial score (nSPS) is 13.2. The van der Waals surface area contributed by atoms with Crippen molar-refractivity contribution in [3.05, 3.63) is 45.3 Å². The number of ether oxygens (including phenoxy) is 1. The third-order valence-electron chi connectivity index (χ3n) is 3.98. The molecule has 10 nitrogen and oxygen atoms in total. The van der Waals surface area contributed by atoms with Crippen molar-refractivity contribution in [3.8, 4) is 0 Å². The Labute approximate surface area is 153 Å². The Morgan fingerprint density at radius 2 is 2.15 bits per heavy atom. The predicted octanol–water partition coefficient (Wildman–Crippen LogP) is -0.218. The average molecular weight is 374 g/mol. The quantitative estimate of drug-likeness (QED) is 0.519. The highest BCUT2D eigenvalue weighted by molar-refractivity contribution is 6.09. The second-order valence-electron chi connectivity index (χ2n) is 6.01. The summed E-state index contributed by atoms with van der Waals surface area (Å²) in [4.78, 5) is 46.6. The lowest BCUT2D eigenvalue weighted by Gasteiger charge is -2.16. The molecular formula is C17H18N4O6. The predicted molar refractivity (Wildman–Crippen MR) is 89.8 cm³/mol. The first-order chi connectivity index (χ1) is 13.0. The molecule has 0 aromatic carbocycles. The minimum absolute atomic E-state index is 0.0116. The van der Waals surface area contributed by atoms with Gasteiger partial charge in [0.25, 0.3) is 5.91 Å². The molecule has 0 fully saturated rings. The van der Waals surface area contributed by atoms with Crippen LogP contribution in [0.2, 0.25) is 0 Å². The zero-order valence-electron chi connectivity index (χ0n) is 14.7. The molecule has 2 amide bonds. The second kappa shape index (κ2) is 7.94. The highest BCUT2D eigenvalue weighted by Gasteiger charge is 2.27. The molecule has 2 aromatic heterocycles. The largest absolute Gasteiger partial charge is 0.465 e. The lowest BCUT2D eigenvalue weighted by atomic mass is 9.97. The van der Waals surface area contributed by atoms with Crippen LogP contribution in [0.3, 0.4) is 0 Å². The number of aromatic nitrogens is 3. The van der Waals surface area contributed by atoms with Crippen molar-refractivity contribution >= 4 is 17.8 Å². The van der Waals surface area contributed by atoms with E-state index in [1.807, 2.05) is 0 Å². The molecule has 0 radical (unpaired) electrons. The molecule has 0 spiro atoms. The SMILES string of the molecule is CCOC(=O)Cn1cc(CCCc2cc(=O)oc3c2C(=O)NC(=O)C3)nn1. The van der Waals surface area contributed by atoms with Gasteiger partial charge in [-0.05, 0) is 31.7 Å². The van der Waals surface area contributed by atoms with Crippen molar-refractivity contribution in [1.82, 2.24) is 20.3 Å². The van der Waals surface area contributed by atoms with Crippen LogP contribution in [0.15, 0.2) is 21.5 Å². The molecule has 0 atom stereocenters. The van der Waals surface area contributed by atoms with Crippen LogP contribution in [0.5, 0.6) is 0 Å². The first kappa shape index (κ1) is 18.5. The second-order valence-corrected chi connectivity index (χ2v) is 6.01. The molecule has 1 aliphatic rings. The number of hydrogen-bond acceptors (Lipinski definition) is 8. The molecule has 10 heteroatoms. The number of nitrogens with zero attached hydrogens (tertiary/aromatic N) is 3. The molecule has 2 aromatic rings. The summed E-state index contributed by atoms with van der Waals surface area (Å²) in [6.45, 7) is 2.01. The number of imide groups is 1. The van der Waals surface area contributed by atoms with Crippen LogP contribution in [-0.4, -0.2) is 39.4 Å². The van der Waals surface area contributed by atoms with E-state index in [-0.39, 0.29) is 24.3 Å². The summed E-state index contributed by atoms with van der Waals surface area (Å²) in [5.41, 5.74) is 0.868. The van der Waals surface area contributed by atoms with Crippen LogP contribution >= 0.6 is 0 Å². The molecule has 0 saturated carbocycles. The maximum Gasteiger partial charge on any atom is 0.336 e. The third kappa shape index (κ3) is 4.46. The number of rotatable bonds is 7. The minimum Gasteiger partial charge on any atom is -0.465 e. The van der Waals surface area contributed by atoms with Crippen molar-refractivity contribution in [2.24, 2.45) is 0 Å². The van der Waals surface area contributed by atoms with Gasteiger partial charge in [0.15, 0.2) is 0 Å². The van der Waals surface area contributed by atoms with Gasteiger partial charge >= 0.3 is 11.6 Å². The molecule has 27 heavy (non-hydrogen) atoms. The van der Waals surface area contributed by atoms with Gasteiger partial charge in [-0.15, -0.1) is 5.10 Å². The van der Waals surface area contributed by atoms with Crippen molar-refractivity contribution in [2.45, 2.75) is 39.2 Å². The Bertz CT molecular complexity index is 945. The van der Waals surface area contributed by atoms with Gasteiger partial charge in [0.2, 0.25) is 5.91 Å². The third-order valence-corrected chi connectivity index (χ3v) is 3.98. The lowest BCUT2D eigenvalue weighted by molar-refractivity contribution is -0.144. The molecule has 1 aliphatic heterocycles. The summed E-state index contributed by atoms with van der Waals surface area (Å²) < 4.78 is 11.2. The van der Waals surface area contributed by atoms with E-state index in [1.165, 1.54) is 10.7 Å². The maximum absolute atomic E-state index is 12.1. The lowest BCUT2D eigenvalue weighted by Crippen LogP contribution is -2.38. The van der Waals surface area contributed by atoms with E-state index in [0.717, 1.165) is 0 Å². The highest BCUT2D eigenvalue weighted by Crippen LogP contribution is 2.19. The molecule has 1 N–H and O–H groups in total. The van der Waals surface area contributed by atoms with Crippen molar-refractivity contribution in [3.63, 3.8) is 0 Å². The van der Waals surface area contributed by atoms with Gasteiger partial charge in [0, 0.05) is 12.3 Å². The summed E-state index contributed by atoms with van der Waals surface area (Å²) in [5, 5.41) is 10.1. The molecule has 0 bridgehead atoms. The number of esters is 1. The van der Waals surface area contributed by atoms with Gasteiger partial charge in [-0.25, -0.2) is 9.48 Å². The van der Waals surface area contributed by atoms with E-state index in [2.05, 4.69) is 15.6 Å². The summed E-state index contributed by atoms with van der Waals surface area (Å²) in [7, 11) is 0. The van der Waals surface area contributed by atoms with Crippen LogP contribution < -0.4 is 10.9 Å².